The van der Waals surface area contributed by atoms with Gasteiger partial charge in [-0.25, -0.2) is 9.18 Å². The lowest BCUT2D eigenvalue weighted by molar-refractivity contribution is -0.143. The lowest BCUT2D eigenvalue weighted by Gasteiger charge is -2.20. The first-order valence-electron chi connectivity index (χ1n) is 6.21. The van der Waals surface area contributed by atoms with Crippen molar-refractivity contribution >= 4 is 11.9 Å². The topological polar surface area (TPSA) is 66.4 Å². The van der Waals surface area contributed by atoms with Gasteiger partial charge in [0.1, 0.15) is 11.9 Å². The highest BCUT2D eigenvalue weighted by Crippen LogP contribution is 2.10. The summed E-state index contributed by atoms with van der Waals surface area (Å²) < 4.78 is 13.4. The molecule has 4 nitrogen and oxygen atoms in total. The van der Waals surface area contributed by atoms with Gasteiger partial charge in [0.05, 0.1) is 6.42 Å². The van der Waals surface area contributed by atoms with Crippen LogP contribution in [0.4, 0.5) is 4.39 Å². The summed E-state index contributed by atoms with van der Waals surface area (Å²) in [6.45, 7) is 3.60. The summed E-state index contributed by atoms with van der Waals surface area (Å²) in [5.41, 5.74) is 0.258. The van der Waals surface area contributed by atoms with Gasteiger partial charge in [-0.2, -0.15) is 0 Å². The summed E-state index contributed by atoms with van der Waals surface area (Å²) in [6.07, 6.45) is 0.476. The SMILES string of the molecule is CC[C@H](C)[C@@H](NC(=O)Cc1ccccc1F)C(=O)O. The predicted octanol–water partition coefficient (Wildman–Crippen LogP) is 1.98. The van der Waals surface area contributed by atoms with Crippen molar-refractivity contribution in [1.29, 1.82) is 0 Å². The number of carbonyl (C=O) groups is 2. The van der Waals surface area contributed by atoms with Crippen molar-refractivity contribution < 1.29 is 19.1 Å². The summed E-state index contributed by atoms with van der Waals surface area (Å²) in [5, 5.41) is 11.5. The van der Waals surface area contributed by atoms with Crippen molar-refractivity contribution in [2.45, 2.75) is 32.7 Å². The lowest BCUT2D eigenvalue weighted by Crippen LogP contribution is -2.45. The largest absolute Gasteiger partial charge is 0.480 e. The van der Waals surface area contributed by atoms with Gasteiger partial charge in [-0.3, -0.25) is 4.79 Å². The normalized spacial score (nSPS) is 13.6. The molecule has 0 fully saturated rings. The zero-order valence-corrected chi connectivity index (χ0v) is 11.0. The third-order valence-electron chi connectivity index (χ3n) is 3.10. The minimum absolute atomic E-state index is 0.160. The number of hydrogen-bond donors (Lipinski definition) is 2. The van der Waals surface area contributed by atoms with Gasteiger partial charge in [-0.05, 0) is 17.5 Å². The molecular weight excluding hydrogens is 249 g/mol. The first-order chi connectivity index (χ1) is 8.95. The Morgan fingerprint density at radius 3 is 2.53 bits per heavy atom. The highest BCUT2D eigenvalue weighted by atomic mass is 19.1. The highest BCUT2D eigenvalue weighted by Gasteiger charge is 2.25. The Morgan fingerprint density at radius 2 is 2.00 bits per heavy atom. The smallest absolute Gasteiger partial charge is 0.326 e. The molecule has 1 aromatic carbocycles. The molecule has 0 spiro atoms. The number of carbonyl (C=O) groups excluding carboxylic acids is 1. The molecule has 2 atom stereocenters. The van der Waals surface area contributed by atoms with Crippen molar-refractivity contribution in [2.24, 2.45) is 5.92 Å². The van der Waals surface area contributed by atoms with Crippen LogP contribution >= 0.6 is 0 Å². The van der Waals surface area contributed by atoms with E-state index in [1.165, 1.54) is 18.2 Å². The third kappa shape index (κ3) is 4.35. The second-order valence-electron chi connectivity index (χ2n) is 4.54. The summed E-state index contributed by atoms with van der Waals surface area (Å²) in [4.78, 5) is 22.8. The molecule has 2 N–H and O–H groups in total. The number of rotatable bonds is 6. The van der Waals surface area contributed by atoms with Crippen LogP contribution in [0.2, 0.25) is 0 Å². The quantitative estimate of drug-likeness (QED) is 0.828. The van der Waals surface area contributed by atoms with Gasteiger partial charge >= 0.3 is 5.97 Å². The van der Waals surface area contributed by atoms with Crippen molar-refractivity contribution in [3.05, 3.63) is 35.6 Å². The maximum atomic E-state index is 13.4. The molecular formula is C14H18FNO3. The Bertz CT molecular complexity index is 462. The number of amides is 1. The van der Waals surface area contributed by atoms with Gasteiger partial charge in [0.25, 0.3) is 0 Å². The number of nitrogens with one attached hydrogen (secondary N) is 1. The van der Waals surface area contributed by atoms with Crippen molar-refractivity contribution in [3.8, 4) is 0 Å². The predicted molar refractivity (Wildman–Crippen MR) is 69.1 cm³/mol. The fourth-order valence-corrected chi connectivity index (χ4v) is 1.72. The monoisotopic (exact) mass is 267 g/mol. The van der Waals surface area contributed by atoms with Gasteiger partial charge in [-0.15, -0.1) is 0 Å². The van der Waals surface area contributed by atoms with Gasteiger partial charge in [0, 0.05) is 0 Å². The molecule has 104 valence electrons. The van der Waals surface area contributed by atoms with E-state index in [2.05, 4.69) is 5.32 Å². The number of halogens is 1. The van der Waals surface area contributed by atoms with E-state index < -0.39 is 23.7 Å². The molecule has 0 aromatic heterocycles. The van der Waals surface area contributed by atoms with E-state index in [4.69, 9.17) is 5.11 Å². The van der Waals surface area contributed by atoms with E-state index in [0.717, 1.165) is 0 Å². The molecule has 0 aliphatic rings. The number of hydrogen-bond acceptors (Lipinski definition) is 2. The van der Waals surface area contributed by atoms with E-state index in [0.29, 0.717) is 6.42 Å². The number of carboxylic acids is 1. The first-order valence-corrected chi connectivity index (χ1v) is 6.21. The second-order valence-corrected chi connectivity index (χ2v) is 4.54. The van der Waals surface area contributed by atoms with Crippen LogP contribution in [0.5, 0.6) is 0 Å². The average molecular weight is 267 g/mol. The molecule has 5 heteroatoms. The van der Waals surface area contributed by atoms with Gasteiger partial charge in [-0.1, -0.05) is 38.5 Å². The van der Waals surface area contributed by atoms with Gasteiger partial charge in [0.15, 0.2) is 0 Å². The van der Waals surface area contributed by atoms with Crippen LogP contribution in [-0.2, 0) is 16.0 Å². The van der Waals surface area contributed by atoms with Gasteiger partial charge in [0.2, 0.25) is 5.91 Å². The van der Waals surface area contributed by atoms with Crippen LogP contribution in [0.3, 0.4) is 0 Å². The van der Waals surface area contributed by atoms with Crippen molar-refractivity contribution in [2.75, 3.05) is 0 Å². The molecule has 0 radical (unpaired) electrons. The van der Waals surface area contributed by atoms with Crippen LogP contribution in [0, 0.1) is 11.7 Å². The van der Waals surface area contributed by atoms with Gasteiger partial charge < -0.3 is 10.4 Å². The molecule has 0 saturated heterocycles. The number of carboxylic acid groups (broad SMARTS) is 1. The van der Waals surface area contributed by atoms with Crippen molar-refractivity contribution in [3.63, 3.8) is 0 Å². The van der Waals surface area contributed by atoms with E-state index in [1.54, 1.807) is 13.0 Å². The van der Waals surface area contributed by atoms with E-state index >= 15 is 0 Å². The van der Waals surface area contributed by atoms with E-state index in [-0.39, 0.29) is 17.9 Å². The summed E-state index contributed by atoms with van der Waals surface area (Å²) in [6, 6.07) is 5.01. The van der Waals surface area contributed by atoms with Crippen LogP contribution < -0.4 is 5.32 Å². The van der Waals surface area contributed by atoms with Crippen LogP contribution in [-0.4, -0.2) is 23.0 Å². The minimum Gasteiger partial charge on any atom is -0.480 e. The Kier molecular flexibility index (Phi) is 5.48. The molecule has 0 aliphatic heterocycles. The summed E-state index contributed by atoms with van der Waals surface area (Å²) in [5.74, 6) is -2.20. The third-order valence-corrected chi connectivity index (χ3v) is 3.10. The van der Waals surface area contributed by atoms with E-state index in [9.17, 15) is 14.0 Å². The Morgan fingerprint density at radius 1 is 1.37 bits per heavy atom. The maximum absolute atomic E-state index is 13.4. The Hall–Kier alpha value is -1.91. The standard InChI is InChI=1S/C14H18FNO3/c1-3-9(2)13(14(18)19)16-12(17)8-10-6-4-5-7-11(10)15/h4-7,9,13H,3,8H2,1-2H3,(H,16,17)(H,18,19)/t9-,13+/m0/s1. The molecule has 0 aliphatic carbocycles. The molecule has 19 heavy (non-hydrogen) atoms. The minimum atomic E-state index is -1.07. The zero-order chi connectivity index (χ0) is 14.4. The number of aliphatic carboxylic acids is 1. The molecule has 1 aromatic rings. The molecule has 0 heterocycles. The van der Waals surface area contributed by atoms with Crippen LogP contribution in [0.1, 0.15) is 25.8 Å². The molecule has 1 rings (SSSR count). The Labute approximate surface area is 111 Å². The summed E-state index contributed by atoms with van der Waals surface area (Å²) in [7, 11) is 0. The molecule has 1 amide bonds. The fourth-order valence-electron chi connectivity index (χ4n) is 1.72. The summed E-state index contributed by atoms with van der Waals surface area (Å²) >= 11 is 0. The van der Waals surface area contributed by atoms with E-state index in [1.807, 2.05) is 6.92 Å². The second kappa shape index (κ2) is 6.87. The first kappa shape index (κ1) is 15.1. The highest BCUT2D eigenvalue weighted by molar-refractivity contribution is 5.85. The van der Waals surface area contributed by atoms with Crippen molar-refractivity contribution in [1.82, 2.24) is 5.32 Å². The van der Waals surface area contributed by atoms with Crippen LogP contribution in [0.15, 0.2) is 24.3 Å². The molecule has 0 unspecified atom stereocenters. The van der Waals surface area contributed by atoms with Crippen LogP contribution in [0.25, 0.3) is 0 Å². The fraction of sp³-hybridized carbons (Fsp3) is 0.429. The Balaban J connectivity index is 2.68. The average Bonchev–Trinajstić information content (AvgIpc) is 2.37. The molecule has 0 saturated carbocycles. The molecule has 0 bridgehead atoms. The zero-order valence-electron chi connectivity index (χ0n) is 11.0. The maximum Gasteiger partial charge on any atom is 0.326 e. The number of benzene rings is 1. The lowest BCUT2D eigenvalue weighted by atomic mass is 9.99.